The maximum atomic E-state index is 11.7. The number of furan rings is 1. The Labute approximate surface area is 493 Å². The lowest BCUT2D eigenvalue weighted by Gasteiger charge is -2.46. The van der Waals surface area contributed by atoms with Crippen LogP contribution in [0.2, 0.25) is 0 Å². The van der Waals surface area contributed by atoms with Crippen molar-refractivity contribution in [3.05, 3.63) is 185 Å². The molecule has 0 saturated heterocycles. The molecule has 3 aromatic heterocycles. The Morgan fingerprint density at radius 3 is 1.62 bits per heavy atom. The summed E-state index contributed by atoms with van der Waals surface area (Å²) in [7, 11) is 0. The summed E-state index contributed by atoms with van der Waals surface area (Å²) in [5.74, 6) is 0. The van der Waals surface area contributed by atoms with Crippen LogP contribution in [0.5, 0.6) is 0 Å². The van der Waals surface area contributed by atoms with Gasteiger partial charge in [0.1, 0.15) is 11.2 Å². The normalized spacial score (nSPS) is 18.7. The molecule has 0 spiro atoms. The maximum absolute atomic E-state index is 11.7. The molecule has 0 amide bonds. The van der Waals surface area contributed by atoms with Crippen molar-refractivity contribution in [2.45, 2.75) is 105 Å². The topological polar surface area (TPSA) is 53.3 Å². The highest BCUT2D eigenvalue weighted by atomic mass is 16.3. The molecule has 3 aliphatic heterocycles. The van der Waals surface area contributed by atoms with Crippen molar-refractivity contribution in [2.24, 2.45) is 0 Å². The average Bonchev–Trinajstić information content (AvgIpc) is 1.14. The van der Waals surface area contributed by atoms with Crippen molar-refractivity contribution < 1.29 is 40.1 Å². The van der Waals surface area contributed by atoms with Gasteiger partial charge in [0, 0.05) is 60.8 Å². The van der Waals surface area contributed by atoms with Gasteiger partial charge in [0.15, 0.2) is 0 Å². The van der Waals surface area contributed by atoms with Gasteiger partial charge in [-0.2, -0.15) is 5.26 Å². The molecule has 7 heteroatoms. The van der Waals surface area contributed by atoms with E-state index in [1.165, 1.54) is 9.47 Å². The molecule has 0 radical (unpaired) electrons. The monoisotopic (exact) mass is 1040 g/mol. The van der Waals surface area contributed by atoms with Gasteiger partial charge in [-0.05, 0) is 163 Å². The summed E-state index contributed by atoms with van der Waals surface area (Å²) in [5.41, 5.74) is -13.1. The quantitative estimate of drug-likeness (QED) is 0.162. The number of benzene rings is 9. The van der Waals surface area contributed by atoms with Gasteiger partial charge in [0.05, 0.1) is 86.4 Å². The number of nitriles is 1. The van der Waals surface area contributed by atoms with Crippen LogP contribution in [0, 0.1) is 11.3 Å². The van der Waals surface area contributed by atoms with Gasteiger partial charge in [-0.3, -0.25) is 0 Å². The fourth-order valence-electron chi connectivity index (χ4n) is 11.1. The minimum atomic E-state index is -2.00. The number of hydrogen-bond acceptors (Lipinski definition) is 4. The molecule has 12 aromatic rings. The molecule has 0 saturated carbocycles. The van der Waals surface area contributed by atoms with E-state index in [4.69, 9.17) is 8.53 Å². The Morgan fingerprint density at radius 2 is 0.987 bits per heavy atom. The summed E-state index contributed by atoms with van der Waals surface area (Å²) < 4.78 is 269. The molecule has 15 rings (SSSR count). The van der Waals surface area contributed by atoms with Gasteiger partial charge in [-0.25, -0.2) is 0 Å². The largest absolute Gasteiger partial charge is 0.456 e. The van der Waals surface area contributed by atoms with Crippen LogP contribution >= 0.6 is 0 Å². The summed E-state index contributed by atoms with van der Waals surface area (Å²) in [6.07, 6.45) is 0. The van der Waals surface area contributed by atoms with E-state index in [9.17, 15) is 36.8 Å². The second-order valence-corrected chi connectivity index (χ2v) is 24.4. The van der Waals surface area contributed by atoms with Crippen molar-refractivity contribution in [1.82, 2.24) is 9.13 Å². The van der Waals surface area contributed by atoms with E-state index in [1.807, 2.05) is 6.07 Å². The zero-order chi connectivity index (χ0) is 76.5. The smallest absolute Gasteiger partial charge is 0.252 e. The molecule has 6 nitrogen and oxygen atoms in total. The highest BCUT2D eigenvalue weighted by molar-refractivity contribution is 7.00. The number of aromatic nitrogens is 2. The predicted octanol–water partition coefficient (Wildman–Crippen LogP) is 17.2. The van der Waals surface area contributed by atoms with Crippen molar-refractivity contribution >= 4 is 123 Å². The predicted molar refractivity (Wildman–Crippen MR) is 329 cm³/mol. The van der Waals surface area contributed by atoms with Crippen molar-refractivity contribution in [3.63, 3.8) is 0 Å². The van der Waals surface area contributed by atoms with E-state index in [2.05, 4.69) is 0 Å². The molecule has 0 fully saturated rings. The highest BCUT2D eigenvalue weighted by Crippen LogP contribution is 2.54. The first kappa shape index (κ1) is 27.2. The Balaban J connectivity index is 1.24. The molecular weight excluding hydrogens is 950 g/mol. The molecule has 9 aromatic carbocycles. The minimum Gasteiger partial charge on any atom is -0.456 e. The van der Waals surface area contributed by atoms with Gasteiger partial charge in [-0.1, -0.05) is 137 Å². The van der Waals surface area contributed by atoms with Gasteiger partial charge < -0.3 is 23.4 Å². The summed E-state index contributed by atoms with van der Waals surface area (Å²) in [6.45, 7) is 18.6. The van der Waals surface area contributed by atoms with Crippen molar-refractivity contribution in [1.29, 1.82) is 5.26 Å². The second-order valence-electron chi connectivity index (χ2n) is 24.4. The van der Waals surface area contributed by atoms with Gasteiger partial charge >= 0.3 is 0 Å². The average molecular weight is 1040 g/mol. The Bertz CT molecular complexity index is 6180. The molecule has 0 N–H and O–H groups in total. The third kappa shape index (κ3) is 6.44. The van der Waals surface area contributed by atoms with E-state index in [0.29, 0.717) is 0 Å². The number of anilines is 6. The summed E-state index contributed by atoms with van der Waals surface area (Å²) in [6, 6.07) is -16.0. The highest BCUT2D eigenvalue weighted by Gasteiger charge is 2.47. The molecule has 78 heavy (non-hydrogen) atoms. The SMILES string of the molecule is [2H]c1c([2H])c2c3c(c1[2H])-n1c4c([2H])c([2H])c(C(C)(C)C)c([2H])c4c4c([2H])c(C(C)(C)C)c([2H])c(c41)N3c1c([2H])c(C#N)c([2H])c3c1B2c1c([2H])c([2H])c(-n2c4c([2H])c([2H])c(C(C)(C)C)c([2H])c4c4c([2H])c(C(C)(C)C)c([2H])c([2H])c42)c([2H])c1N3c1c([2H])c([2H])c2oc3c([2H])c([2H])c([2H])c([2H])c3c2c1[2H]. The van der Waals surface area contributed by atoms with E-state index < -0.39 is 257 Å². The van der Waals surface area contributed by atoms with Crippen molar-refractivity contribution in [3.8, 4) is 17.4 Å². The van der Waals surface area contributed by atoms with E-state index in [0.717, 1.165) is 9.47 Å². The number of rotatable bonds is 2. The number of nitrogens with zero attached hydrogens (tertiary/aromatic N) is 5. The van der Waals surface area contributed by atoms with Crippen LogP contribution in [0.15, 0.2) is 162 Å². The lowest BCUT2D eigenvalue weighted by Crippen LogP contribution is -2.61. The summed E-state index contributed by atoms with van der Waals surface area (Å²) in [4.78, 5) is 2.15. The first-order valence-electron chi connectivity index (χ1n) is 38.7. The fraction of sp³-hybridized carbons (Fsp3) is 0.225. The third-order valence-corrected chi connectivity index (χ3v) is 15.0. The Kier molecular flexibility index (Phi) is 5.37. The van der Waals surface area contributed by atoms with Crippen LogP contribution < -0.4 is 26.2 Å². The van der Waals surface area contributed by atoms with Gasteiger partial charge in [0.2, 0.25) is 0 Å². The molecule has 3 aliphatic rings. The zero-order valence-corrected chi connectivity index (χ0v) is 44.7. The molecule has 0 aliphatic carbocycles. The summed E-state index contributed by atoms with van der Waals surface area (Å²) in [5, 5.41) is 10.1. The van der Waals surface area contributed by atoms with Gasteiger partial charge in [0.25, 0.3) is 6.71 Å². The number of fused-ring (bicyclic) bond motifs is 15. The molecule has 0 bridgehead atoms. The lowest BCUT2D eigenvalue weighted by molar-refractivity contribution is 0.590. The molecule has 6 heterocycles. The Morgan fingerprint density at radius 1 is 0.423 bits per heavy atom. The van der Waals surface area contributed by atoms with Crippen LogP contribution in [-0.2, 0) is 21.7 Å². The number of hydrogen-bond donors (Lipinski definition) is 0. The second kappa shape index (κ2) is 15.4. The number of para-hydroxylation sites is 2. The molecule has 0 unspecified atom stereocenters. The van der Waals surface area contributed by atoms with Crippen LogP contribution in [0.25, 0.3) is 76.9 Å². The zero-order valence-electron chi connectivity index (χ0n) is 70.7. The standard InChI is InChI=1S/C71H62BN5O/c1-68(2,3)41-20-26-55-48(32-41)49-33-42(69(4,5)6)21-27-56(49)74(55)46-23-25-53-59(38-46)75(45-24-29-64-51(37-45)47-16-13-14-19-63(47)78-64)60-30-40(39-73)31-61-65(60)72(53)54-17-15-18-58-67(54)77(61)62-36-44(71(10,11)12)35-52-50-34-43(70(7,8)9)22-28-57(50)76(58)66(52)62/h13-38H,1-12H3/i13D,14D,15D,16D,17D,18D,19D,20D,21D,22D,23D,24D,25D,26D,27D,28D,29D,30D,31D,32D,33D,34D,35D,36D,37D,38D. The fourth-order valence-corrected chi connectivity index (χ4v) is 11.1. The van der Waals surface area contributed by atoms with E-state index in [-0.39, 0.29) is 84.0 Å². The van der Waals surface area contributed by atoms with Crippen molar-refractivity contribution in [2.75, 3.05) is 9.80 Å². The van der Waals surface area contributed by atoms with Crippen LogP contribution in [0.3, 0.4) is 0 Å². The maximum Gasteiger partial charge on any atom is 0.252 e. The minimum absolute atomic E-state index is 0.0211. The first-order valence-corrected chi connectivity index (χ1v) is 25.7. The first-order chi connectivity index (χ1) is 48.1. The Hall–Kier alpha value is -8.47. The molecular formula is C71H62BN5O. The van der Waals surface area contributed by atoms with Crippen LogP contribution in [0.4, 0.5) is 34.1 Å². The van der Waals surface area contributed by atoms with Crippen LogP contribution in [0.1, 0.15) is 147 Å². The van der Waals surface area contributed by atoms with E-state index in [1.54, 1.807) is 83.1 Å². The molecule has 380 valence electrons. The van der Waals surface area contributed by atoms with Gasteiger partial charge in [-0.15, -0.1) is 0 Å². The third-order valence-electron chi connectivity index (χ3n) is 15.0. The summed E-state index contributed by atoms with van der Waals surface area (Å²) >= 11 is 0. The van der Waals surface area contributed by atoms with Crippen LogP contribution in [-0.4, -0.2) is 15.8 Å². The van der Waals surface area contributed by atoms with E-state index >= 15 is 0 Å². The molecule has 0 atom stereocenters. The lowest BCUT2D eigenvalue weighted by atomic mass is 9.33.